The lowest BCUT2D eigenvalue weighted by molar-refractivity contribution is -0.137. The van der Waals surface area contributed by atoms with Gasteiger partial charge in [0.1, 0.15) is 5.78 Å². The van der Waals surface area contributed by atoms with Gasteiger partial charge in [0.2, 0.25) is 5.91 Å². The van der Waals surface area contributed by atoms with E-state index >= 15 is 0 Å². The number of ketones is 1. The van der Waals surface area contributed by atoms with E-state index in [0.717, 1.165) is 38.5 Å². The molecule has 1 amide bonds. The minimum absolute atomic E-state index is 0.0462. The molecule has 1 aromatic rings. The number of amides is 1. The molecular weight excluding hydrogens is 274 g/mol. The number of hydrogen-bond acceptors (Lipinski definition) is 2. The molecule has 0 aromatic heterocycles. The normalized spacial score (nSPS) is 27.5. The second-order valence-corrected chi connectivity index (χ2v) is 6.86. The Labute approximate surface area is 132 Å². The summed E-state index contributed by atoms with van der Waals surface area (Å²) in [6.45, 7) is 2.79. The Bertz CT molecular complexity index is 550. The second-order valence-electron chi connectivity index (χ2n) is 6.86. The van der Waals surface area contributed by atoms with Crippen molar-refractivity contribution in [3.8, 4) is 0 Å². The molecule has 118 valence electrons. The molecule has 0 saturated heterocycles. The van der Waals surface area contributed by atoms with Gasteiger partial charge >= 0.3 is 0 Å². The van der Waals surface area contributed by atoms with E-state index in [1.165, 1.54) is 11.1 Å². The number of aryl methyl sites for hydroxylation is 1. The molecule has 2 bridgehead atoms. The van der Waals surface area contributed by atoms with E-state index in [1.807, 2.05) is 12.1 Å². The average molecular weight is 299 g/mol. The highest BCUT2D eigenvalue weighted by Gasteiger charge is 2.41. The van der Waals surface area contributed by atoms with Gasteiger partial charge in [-0.05, 0) is 50.2 Å². The van der Waals surface area contributed by atoms with Crippen LogP contribution < -0.4 is 5.32 Å². The first-order chi connectivity index (χ1) is 10.6. The molecule has 0 spiro atoms. The highest BCUT2D eigenvalue weighted by Crippen LogP contribution is 2.40. The summed E-state index contributed by atoms with van der Waals surface area (Å²) in [5, 5.41) is 3.08. The Hall–Kier alpha value is -1.64. The van der Waals surface area contributed by atoms with Gasteiger partial charge < -0.3 is 5.32 Å². The van der Waals surface area contributed by atoms with E-state index < -0.39 is 0 Å². The molecule has 2 unspecified atom stereocenters. The summed E-state index contributed by atoms with van der Waals surface area (Å²) >= 11 is 0. The minimum atomic E-state index is 0.0462. The molecule has 3 nitrogen and oxygen atoms in total. The van der Waals surface area contributed by atoms with Crippen LogP contribution in [0, 0.1) is 24.7 Å². The summed E-state index contributed by atoms with van der Waals surface area (Å²) in [7, 11) is 0. The first-order valence-electron chi connectivity index (χ1n) is 8.51. The molecule has 2 saturated carbocycles. The van der Waals surface area contributed by atoms with Gasteiger partial charge in [0, 0.05) is 24.3 Å². The second kappa shape index (κ2) is 6.64. The summed E-state index contributed by atoms with van der Waals surface area (Å²) < 4.78 is 0. The average Bonchev–Trinajstić information content (AvgIpc) is 2.49. The van der Waals surface area contributed by atoms with Gasteiger partial charge in [0.05, 0.1) is 0 Å². The van der Waals surface area contributed by atoms with Crippen LogP contribution in [0.5, 0.6) is 0 Å². The first kappa shape index (κ1) is 15.3. The summed E-state index contributed by atoms with van der Waals surface area (Å²) in [4.78, 5) is 24.5. The Morgan fingerprint density at radius 2 is 1.86 bits per heavy atom. The van der Waals surface area contributed by atoms with Crippen LogP contribution in [-0.2, 0) is 16.0 Å². The lowest BCUT2D eigenvalue weighted by Crippen LogP contribution is -2.43. The molecule has 2 fully saturated rings. The Balaban J connectivity index is 1.50. The van der Waals surface area contributed by atoms with Crippen molar-refractivity contribution >= 4 is 11.7 Å². The van der Waals surface area contributed by atoms with Crippen LogP contribution in [-0.4, -0.2) is 18.2 Å². The highest BCUT2D eigenvalue weighted by molar-refractivity contribution is 5.88. The summed E-state index contributed by atoms with van der Waals surface area (Å²) in [5.41, 5.74) is 2.56. The lowest BCUT2D eigenvalue weighted by atomic mass is 9.67. The molecule has 22 heavy (non-hydrogen) atoms. The van der Waals surface area contributed by atoms with Crippen LogP contribution in [0.2, 0.25) is 0 Å². The van der Waals surface area contributed by atoms with Crippen LogP contribution >= 0.6 is 0 Å². The number of carbonyl (C=O) groups excluding carboxylic acids is 2. The molecule has 2 atom stereocenters. The predicted molar refractivity (Wildman–Crippen MR) is 86.5 cm³/mol. The molecule has 0 radical (unpaired) electrons. The largest absolute Gasteiger partial charge is 0.356 e. The van der Waals surface area contributed by atoms with Gasteiger partial charge in [0.15, 0.2) is 0 Å². The zero-order valence-corrected chi connectivity index (χ0v) is 13.3. The zero-order valence-electron chi connectivity index (χ0n) is 13.3. The maximum atomic E-state index is 12.4. The third kappa shape index (κ3) is 3.23. The van der Waals surface area contributed by atoms with Crippen molar-refractivity contribution in [2.75, 3.05) is 6.54 Å². The first-order valence-corrected chi connectivity index (χ1v) is 8.51. The van der Waals surface area contributed by atoms with E-state index in [1.54, 1.807) is 0 Å². The molecule has 2 aliphatic rings. The van der Waals surface area contributed by atoms with Crippen LogP contribution in [0.1, 0.15) is 43.2 Å². The van der Waals surface area contributed by atoms with Crippen LogP contribution in [0.15, 0.2) is 24.3 Å². The minimum Gasteiger partial charge on any atom is -0.356 e. The zero-order chi connectivity index (χ0) is 15.5. The molecule has 2 aliphatic carbocycles. The fraction of sp³-hybridized carbons (Fsp3) is 0.579. The van der Waals surface area contributed by atoms with E-state index in [9.17, 15) is 9.59 Å². The van der Waals surface area contributed by atoms with Crippen molar-refractivity contribution in [1.29, 1.82) is 0 Å². The Morgan fingerprint density at radius 1 is 1.18 bits per heavy atom. The van der Waals surface area contributed by atoms with Crippen LogP contribution in [0.4, 0.5) is 0 Å². The molecule has 1 N–H and O–H groups in total. The number of fused-ring (bicyclic) bond motifs is 2. The van der Waals surface area contributed by atoms with E-state index in [0.29, 0.717) is 12.3 Å². The van der Waals surface area contributed by atoms with Crippen LogP contribution in [0.25, 0.3) is 0 Å². The number of rotatable bonds is 4. The lowest BCUT2D eigenvalue weighted by Gasteiger charge is -2.36. The Kier molecular flexibility index (Phi) is 4.60. The number of hydrogen-bond donors (Lipinski definition) is 1. The van der Waals surface area contributed by atoms with Gasteiger partial charge in [-0.25, -0.2) is 0 Å². The van der Waals surface area contributed by atoms with Gasteiger partial charge in [-0.1, -0.05) is 30.7 Å². The summed E-state index contributed by atoms with van der Waals surface area (Å²) in [6.07, 6.45) is 5.54. The van der Waals surface area contributed by atoms with Crippen molar-refractivity contribution in [2.24, 2.45) is 17.8 Å². The van der Waals surface area contributed by atoms with E-state index in [-0.39, 0.29) is 23.7 Å². The van der Waals surface area contributed by atoms with Crippen molar-refractivity contribution < 1.29 is 9.59 Å². The standard InChI is InChI=1S/C19H25NO2/c1-13-5-2-3-6-14(13)9-10-20-19(22)17-11-15-7-4-8-16(12-17)18(15)21/h2-3,5-6,15-17H,4,7-12H2,1H3,(H,20,22). The summed E-state index contributed by atoms with van der Waals surface area (Å²) in [6, 6.07) is 8.30. The van der Waals surface area contributed by atoms with E-state index in [4.69, 9.17) is 0 Å². The van der Waals surface area contributed by atoms with Crippen molar-refractivity contribution in [3.63, 3.8) is 0 Å². The van der Waals surface area contributed by atoms with Gasteiger partial charge in [-0.3, -0.25) is 9.59 Å². The third-order valence-electron chi connectivity index (χ3n) is 5.37. The number of nitrogens with one attached hydrogen (secondary N) is 1. The molecule has 1 aromatic carbocycles. The van der Waals surface area contributed by atoms with Crippen molar-refractivity contribution in [1.82, 2.24) is 5.32 Å². The molecule has 0 aliphatic heterocycles. The number of carbonyl (C=O) groups is 2. The molecule has 0 heterocycles. The van der Waals surface area contributed by atoms with Gasteiger partial charge in [-0.15, -0.1) is 0 Å². The Morgan fingerprint density at radius 3 is 2.55 bits per heavy atom. The maximum absolute atomic E-state index is 12.4. The monoisotopic (exact) mass is 299 g/mol. The SMILES string of the molecule is Cc1ccccc1CCNC(=O)C1CC2CCCC(C1)C2=O. The fourth-order valence-electron chi connectivity index (χ4n) is 4.05. The molecular formula is C19H25NO2. The number of Topliss-reactive ketones (excluding diaryl/α,β-unsaturated/α-hetero) is 1. The van der Waals surface area contributed by atoms with Crippen molar-refractivity contribution in [2.45, 2.75) is 45.4 Å². The third-order valence-corrected chi connectivity index (χ3v) is 5.37. The maximum Gasteiger partial charge on any atom is 0.223 e. The topological polar surface area (TPSA) is 46.2 Å². The van der Waals surface area contributed by atoms with E-state index in [2.05, 4.69) is 24.4 Å². The predicted octanol–water partition coefficient (Wildman–Crippen LogP) is 3.05. The molecule has 3 heteroatoms. The number of benzene rings is 1. The van der Waals surface area contributed by atoms with Crippen LogP contribution in [0.3, 0.4) is 0 Å². The fourth-order valence-corrected chi connectivity index (χ4v) is 4.05. The molecule has 3 rings (SSSR count). The summed E-state index contributed by atoms with van der Waals surface area (Å²) in [5.74, 6) is 0.928. The van der Waals surface area contributed by atoms with Crippen molar-refractivity contribution in [3.05, 3.63) is 35.4 Å². The quantitative estimate of drug-likeness (QED) is 0.929. The smallest absolute Gasteiger partial charge is 0.223 e. The highest BCUT2D eigenvalue weighted by atomic mass is 16.2. The van der Waals surface area contributed by atoms with Gasteiger partial charge in [-0.2, -0.15) is 0 Å². The van der Waals surface area contributed by atoms with Gasteiger partial charge in [0.25, 0.3) is 0 Å².